The number of hydrogen-bond acceptors (Lipinski definition) is 6. The Labute approximate surface area is 176 Å². The molecule has 3 rings (SSSR count). The number of aliphatic hydroxyl groups excluding tert-OH is 2. The van der Waals surface area contributed by atoms with Crippen LogP contribution in [0.1, 0.15) is 18.4 Å². The topological polar surface area (TPSA) is 101 Å². The van der Waals surface area contributed by atoms with E-state index >= 15 is 0 Å². The molecule has 1 unspecified atom stereocenters. The van der Waals surface area contributed by atoms with Crippen molar-refractivity contribution in [2.75, 3.05) is 19.8 Å². The molecule has 1 heterocycles. The highest BCUT2D eigenvalue weighted by Gasteiger charge is 2.45. The number of amides is 1. The summed E-state index contributed by atoms with van der Waals surface area (Å²) in [6.45, 7) is -0.190. The van der Waals surface area contributed by atoms with Crippen LogP contribution < -0.4 is 14.8 Å². The van der Waals surface area contributed by atoms with E-state index in [0.717, 1.165) is 12.1 Å². The largest absolute Gasteiger partial charge is 0.484 e. The van der Waals surface area contributed by atoms with E-state index < -0.39 is 35.3 Å². The minimum Gasteiger partial charge on any atom is -0.484 e. The molecule has 0 radical (unpaired) electrons. The Kier molecular flexibility index (Phi) is 7.01. The molecule has 10 heteroatoms. The number of carbonyl (C=O) groups excluding carboxylic acids is 1. The lowest BCUT2D eigenvalue weighted by atomic mass is 9.86. The number of benzene rings is 1. The molecule has 1 aliphatic carbocycles. The number of para-hydroxylation sites is 1. The molecule has 31 heavy (non-hydrogen) atoms. The minimum absolute atomic E-state index is 0.0259. The van der Waals surface area contributed by atoms with Crippen molar-refractivity contribution in [2.45, 2.75) is 31.2 Å². The van der Waals surface area contributed by atoms with Crippen LogP contribution in [0.5, 0.6) is 11.6 Å². The first-order valence-electron chi connectivity index (χ1n) is 9.64. The first-order valence-corrected chi connectivity index (χ1v) is 9.64. The zero-order valence-electron chi connectivity index (χ0n) is 16.5. The van der Waals surface area contributed by atoms with E-state index in [1.54, 1.807) is 24.3 Å². The highest BCUT2D eigenvalue weighted by atomic mass is 19.4. The van der Waals surface area contributed by atoms with Gasteiger partial charge in [-0.15, -0.1) is 0 Å². The van der Waals surface area contributed by atoms with Crippen LogP contribution in [0.4, 0.5) is 13.2 Å². The van der Waals surface area contributed by atoms with Gasteiger partial charge in [0.15, 0.2) is 6.61 Å². The summed E-state index contributed by atoms with van der Waals surface area (Å²) in [7, 11) is 0. The lowest BCUT2D eigenvalue weighted by molar-refractivity contribution is -0.137. The second-order valence-electron chi connectivity index (χ2n) is 7.59. The van der Waals surface area contributed by atoms with Gasteiger partial charge in [-0.3, -0.25) is 4.79 Å². The average molecular weight is 440 g/mol. The Bertz CT molecular complexity index is 852. The number of pyridine rings is 1. The highest BCUT2D eigenvalue weighted by Crippen LogP contribution is 2.38. The number of nitrogens with one attached hydrogen (secondary N) is 1. The van der Waals surface area contributed by atoms with Crippen LogP contribution in [0.15, 0.2) is 48.7 Å². The van der Waals surface area contributed by atoms with Gasteiger partial charge in [-0.1, -0.05) is 18.2 Å². The molecule has 0 spiro atoms. The molecule has 0 bridgehead atoms. The van der Waals surface area contributed by atoms with Crippen molar-refractivity contribution in [3.63, 3.8) is 0 Å². The van der Waals surface area contributed by atoms with E-state index in [-0.39, 0.29) is 38.5 Å². The van der Waals surface area contributed by atoms with Gasteiger partial charge in [0.1, 0.15) is 5.75 Å². The fraction of sp³-hybridized carbons (Fsp3) is 0.429. The van der Waals surface area contributed by atoms with Crippen molar-refractivity contribution in [1.82, 2.24) is 10.3 Å². The summed E-state index contributed by atoms with van der Waals surface area (Å²) in [5.74, 6) is 0.115. The highest BCUT2D eigenvalue weighted by molar-refractivity contribution is 5.77. The number of alkyl halides is 3. The lowest BCUT2D eigenvalue weighted by Crippen LogP contribution is -2.42. The molecule has 1 fully saturated rings. The Balaban J connectivity index is 1.57. The summed E-state index contributed by atoms with van der Waals surface area (Å²) in [5, 5.41) is 22.7. The SMILES string of the molecule is O=C(COc1ccccc1)NCC1(COc2ccc(C(F)(F)F)cn2)C[C@@H](O)[C@@H](O)C1. The number of rotatable bonds is 8. The normalized spacial score (nSPS) is 23.4. The third-order valence-corrected chi connectivity index (χ3v) is 5.09. The van der Waals surface area contributed by atoms with Gasteiger partial charge in [0.2, 0.25) is 5.88 Å². The van der Waals surface area contributed by atoms with E-state index in [1.165, 1.54) is 0 Å². The van der Waals surface area contributed by atoms with Gasteiger partial charge in [0.05, 0.1) is 24.4 Å². The average Bonchev–Trinajstić information content (AvgIpc) is 3.03. The first-order chi connectivity index (χ1) is 14.7. The fourth-order valence-electron chi connectivity index (χ4n) is 3.42. The monoisotopic (exact) mass is 440 g/mol. The number of ether oxygens (including phenoxy) is 2. The Morgan fingerprint density at radius 2 is 1.77 bits per heavy atom. The second-order valence-corrected chi connectivity index (χ2v) is 7.59. The number of aliphatic hydroxyl groups is 2. The number of nitrogens with zero attached hydrogens (tertiary/aromatic N) is 1. The van der Waals surface area contributed by atoms with Gasteiger partial charge in [-0.05, 0) is 31.0 Å². The molecule has 3 N–H and O–H groups in total. The van der Waals surface area contributed by atoms with Gasteiger partial charge >= 0.3 is 6.18 Å². The van der Waals surface area contributed by atoms with Crippen LogP contribution in [0.25, 0.3) is 0 Å². The zero-order chi connectivity index (χ0) is 22.5. The quantitative estimate of drug-likeness (QED) is 0.582. The molecule has 3 atom stereocenters. The first kappa shape index (κ1) is 22.8. The molecule has 0 aliphatic heterocycles. The van der Waals surface area contributed by atoms with E-state index in [1.807, 2.05) is 6.07 Å². The predicted octanol–water partition coefficient (Wildman–Crippen LogP) is 2.18. The lowest BCUT2D eigenvalue weighted by Gasteiger charge is -2.29. The molecule has 7 nitrogen and oxygen atoms in total. The summed E-state index contributed by atoms with van der Waals surface area (Å²) in [6.07, 6.45) is -5.53. The van der Waals surface area contributed by atoms with Crippen LogP contribution in [0.3, 0.4) is 0 Å². The maximum atomic E-state index is 12.7. The number of halogens is 3. The number of hydrogen-bond donors (Lipinski definition) is 3. The molecule has 1 saturated carbocycles. The molecule has 1 amide bonds. The van der Waals surface area contributed by atoms with Crippen molar-refractivity contribution in [2.24, 2.45) is 5.41 Å². The molecule has 1 aromatic heterocycles. The van der Waals surface area contributed by atoms with E-state index in [0.29, 0.717) is 11.9 Å². The maximum Gasteiger partial charge on any atom is 0.417 e. The summed E-state index contributed by atoms with van der Waals surface area (Å²) < 4.78 is 48.9. The van der Waals surface area contributed by atoms with Crippen molar-refractivity contribution in [3.8, 4) is 11.6 Å². The third-order valence-electron chi connectivity index (χ3n) is 5.09. The van der Waals surface area contributed by atoms with Crippen molar-refractivity contribution in [1.29, 1.82) is 0 Å². The minimum atomic E-state index is -4.50. The zero-order valence-corrected chi connectivity index (χ0v) is 16.5. The van der Waals surface area contributed by atoms with Gasteiger partial charge in [-0.2, -0.15) is 13.2 Å². The molecule has 0 saturated heterocycles. The van der Waals surface area contributed by atoms with Crippen LogP contribution >= 0.6 is 0 Å². The van der Waals surface area contributed by atoms with E-state index in [4.69, 9.17) is 9.47 Å². The molecule has 2 aromatic rings. The van der Waals surface area contributed by atoms with Crippen LogP contribution in [0.2, 0.25) is 0 Å². The van der Waals surface area contributed by atoms with Crippen molar-refractivity contribution >= 4 is 5.91 Å². The molecule has 1 aromatic carbocycles. The van der Waals surface area contributed by atoms with Crippen molar-refractivity contribution < 1.29 is 37.7 Å². The summed E-state index contributed by atoms with van der Waals surface area (Å²) >= 11 is 0. The molecular weight excluding hydrogens is 417 g/mol. The standard InChI is InChI=1S/C21H23F3N2O5/c22-21(23,24)14-6-7-19(25-10-14)31-13-20(8-16(27)17(28)9-20)12-26-18(29)11-30-15-4-2-1-3-5-15/h1-7,10,16-17,27-28H,8-9,11-13H2,(H,26,29)/t16-,17+,20?. The fourth-order valence-corrected chi connectivity index (χ4v) is 3.42. The summed E-state index contributed by atoms with van der Waals surface area (Å²) in [4.78, 5) is 15.8. The van der Waals surface area contributed by atoms with E-state index in [9.17, 15) is 28.2 Å². The number of aromatic nitrogens is 1. The Hall–Kier alpha value is -2.85. The van der Waals surface area contributed by atoms with Crippen LogP contribution in [-0.4, -0.2) is 53.1 Å². The van der Waals surface area contributed by atoms with Crippen LogP contribution in [-0.2, 0) is 11.0 Å². The van der Waals surface area contributed by atoms with Gasteiger partial charge in [0.25, 0.3) is 5.91 Å². The third kappa shape index (κ3) is 6.31. The predicted molar refractivity (Wildman–Crippen MR) is 103 cm³/mol. The second kappa shape index (κ2) is 9.52. The van der Waals surface area contributed by atoms with Crippen LogP contribution in [0, 0.1) is 5.41 Å². The molecule has 168 valence electrons. The van der Waals surface area contributed by atoms with Gasteiger partial charge in [0, 0.05) is 24.2 Å². The molecule has 1 aliphatic rings. The Morgan fingerprint density at radius 1 is 1.10 bits per heavy atom. The summed E-state index contributed by atoms with van der Waals surface area (Å²) in [5.41, 5.74) is -1.71. The van der Waals surface area contributed by atoms with Gasteiger partial charge < -0.3 is 25.0 Å². The smallest absolute Gasteiger partial charge is 0.417 e. The van der Waals surface area contributed by atoms with Gasteiger partial charge in [-0.25, -0.2) is 4.98 Å². The number of carbonyl (C=O) groups is 1. The maximum absolute atomic E-state index is 12.7. The molecular formula is C21H23F3N2O5. The Morgan fingerprint density at radius 3 is 2.35 bits per heavy atom. The van der Waals surface area contributed by atoms with Crippen molar-refractivity contribution in [3.05, 3.63) is 54.2 Å². The van der Waals surface area contributed by atoms with E-state index in [2.05, 4.69) is 10.3 Å². The summed E-state index contributed by atoms with van der Waals surface area (Å²) in [6, 6.07) is 10.7.